The average Bonchev–Trinajstić information content (AvgIpc) is 2.55. The molecule has 0 spiro atoms. The molecule has 0 atom stereocenters. The Labute approximate surface area is 130 Å². The summed E-state index contributed by atoms with van der Waals surface area (Å²) >= 11 is 3.49. The molecule has 3 rings (SSSR count). The molecule has 3 aromatic rings. The van der Waals surface area contributed by atoms with E-state index in [9.17, 15) is 4.79 Å². The van der Waals surface area contributed by atoms with Gasteiger partial charge in [-0.2, -0.15) is 0 Å². The monoisotopic (exact) mass is 341 g/mol. The molecule has 21 heavy (non-hydrogen) atoms. The fourth-order valence-corrected chi connectivity index (χ4v) is 2.80. The molecule has 0 radical (unpaired) electrons. The predicted octanol–water partition coefficient (Wildman–Crippen LogP) is 4.45. The number of benzene rings is 2. The molecule has 0 saturated carbocycles. The van der Waals surface area contributed by atoms with Crippen molar-refractivity contribution in [1.29, 1.82) is 0 Å². The van der Waals surface area contributed by atoms with E-state index >= 15 is 0 Å². The predicted molar refractivity (Wildman–Crippen MR) is 86.2 cm³/mol. The number of methoxy groups -OCH3 is 1. The van der Waals surface area contributed by atoms with Crippen molar-refractivity contribution in [1.82, 2.24) is 4.98 Å². The summed E-state index contributed by atoms with van der Waals surface area (Å²) in [6.45, 7) is 0. The van der Waals surface area contributed by atoms with E-state index in [-0.39, 0.29) is 0 Å². The largest absolute Gasteiger partial charge is 0.465 e. The molecule has 0 amide bonds. The van der Waals surface area contributed by atoms with Crippen molar-refractivity contribution in [3.63, 3.8) is 0 Å². The van der Waals surface area contributed by atoms with Gasteiger partial charge in [0.25, 0.3) is 0 Å². The van der Waals surface area contributed by atoms with Crippen LogP contribution < -0.4 is 0 Å². The number of carbonyl (C=O) groups is 1. The van der Waals surface area contributed by atoms with E-state index in [2.05, 4.69) is 20.9 Å². The second kappa shape index (κ2) is 5.66. The van der Waals surface area contributed by atoms with Gasteiger partial charge in [0.15, 0.2) is 0 Å². The van der Waals surface area contributed by atoms with Crippen molar-refractivity contribution in [2.75, 3.05) is 7.11 Å². The summed E-state index contributed by atoms with van der Waals surface area (Å²) < 4.78 is 5.48. The molecule has 0 aliphatic heterocycles. The van der Waals surface area contributed by atoms with E-state index in [1.54, 1.807) is 0 Å². The third-order valence-corrected chi connectivity index (χ3v) is 4.17. The maximum absolute atomic E-state index is 11.7. The van der Waals surface area contributed by atoms with E-state index in [1.165, 1.54) is 13.3 Å². The Balaban J connectivity index is 2.20. The van der Waals surface area contributed by atoms with Gasteiger partial charge in [0.2, 0.25) is 0 Å². The van der Waals surface area contributed by atoms with Gasteiger partial charge < -0.3 is 4.74 Å². The lowest BCUT2D eigenvalue weighted by Gasteiger charge is -2.08. The molecule has 4 heteroatoms. The number of ether oxygens (including phenoxy) is 1. The van der Waals surface area contributed by atoms with Crippen LogP contribution in [0.1, 0.15) is 10.4 Å². The number of halogens is 1. The van der Waals surface area contributed by atoms with Gasteiger partial charge in [-0.15, -0.1) is 0 Å². The highest BCUT2D eigenvalue weighted by atomic mass is 79.9. The first-order valence-corrected chi connectivity index (χ1v) is 7.22. The van der Waals surface area contributed by atoms with Gasteiger partial charge >= 0.3 is 5.97 Å². The van der Waals surface area contributed by atoms with Crippen molar-refractivity contribution in [2.45, 2.75) is 0 Å². The summed E-state index contributed by atoms with van der Waals surface area (Å²) in [4.78, 5) is 16.1. The molecular weight excluding hydrogens is 330 g/mol. The lowest BCUT2D eigenvalue weighted by molar-refractivity contribution is 0.0599. The molecule has 1 aromatic heterocycles. The van der Waals surface area contributed by atoms with Crippen LogP contribution in [0.15, 0.2) is 59.2 Å². The first-order valence-electron chi connectivity index (χ1n) is 6.42. The first-order chi connectivity index (χ1) is 10.2. The van der Waals surface area contributed by atoms with E-state index < -0.39 is 5.97 Å². The molecule has 1 heterocycles. The molecule has 0 aliphatic rings. The molecule has 2 aromatic carbocycles. The summed E-state index contributed by atoms with van der Waals surface area (Å²) in [5.74, 6) is -0.401. The van der Waals surface area contributed by atoms with Crippen molar-refractivity contribution < 1.29 is 9.53 Å². The number of hydrogen-bond acceptors (Lipinski definition) is 3. The Morgan fingerprint density at radius 1 is 1.10 bits per heavy atom. The fourth-order valence-electron chi connectivity index (χ4n) is 2.22. The SMILES string of the molecule is COC(=O)c1cnc2ccc(-c3ccccc3)cc2c1Br. The first kappa shape index (κ1) is 13.8. The molecule has 0 N–H and O–H groups in total. The van der Waals surface area contributed by atoms with Crippen LogP contribution in [0.25, 0.3) is 22.0 Å². The van der Waals surface area contributed by atoms with Gasteiger partial charge in [0.1, 0.15) is 0 Å². The van der Waals surface area contributed by atoms with Gasteiger partial charge in [-0.1, -0.05) is 36.4 Å². The Kier molecular flexibility index (Phi) is 3.71. The highest BCUT2D eigenvalue weighted by Crippen LogP contribution is 2.30. The quantitative estimate of drug-likeness (QED) is 0.646. The highest BCUT2D eigenvalue weighted by Gasteiger charge is 2.14. The molecule has 0 bridgehead atoms. The lowest BCUT2D eigenvalue weighted by atomic mass is 10.0. The van der Waals surface area contributed by atoms with E-state index in [4.69, 9.17) is 4.74 Å². The number of pyridine rings is 1. The van der Waals surface area contributed by atoms with Crippen LogP contribution in [0.5, 0.6) is 0 Å². The van der Waals surface area contributed by atoms with E-state index in [0.29, 0.717) is 10.0 Å². The number of fused-ring (bicyclic) bond motifs is 1. The molecule has 104 valence electrons. The average molecular weight is 342 g/mol. The van der Waals surface area contributed by atoms with Crippen LogP contribution in [0.3, 0.4) is 0 Å². The summed E-state index contributed by atoms with van der Waals surface area (Å²) in [7, 11) is 1.36. The minimum absolute atomic E-state index is 0.401. The standard InChI is InChI=1S/C17H12BrNO2/c1-21-17(20)14-10-19-15-8-7-12(9-13(15)16(14)18)11-5-3-2-4-6-11/h2-10H,1H3. The molecule has 3 nitrogen and oxygen atoms in total. The van der Waals surface area contributed by atoms with Crippen LogP contribution >= 0.6 is 15.9 Å². The minimum Gasteiger partial charge on any atom is -0.465 e. The molecule has 0 aliphatic carbocycles. The second-order valence-electron chi connectivity index (χ2n) is 4.58. The normalized spacial score (nSPS) is 10.6. The Morgan fingerprint density at radius 3 is 2.57 bits per heavy atom. The number of hydrogen-bond donors (Lipinski definition) is 0. The summed E-state index contributed by atoms with van der Waals surface area (Å²) in [5, 5.41) is 0.888. The third-order valence-electron chi connectivity index (χ3n) is 3.31. The summed E-state index contributed by atoms with van der Waals surface area (Å²) in [5.41, 5.74) is 3.45. The molecule has 0 saturated heterocycles. The van der Waals surface area contributed by atoms with Crippen molar-refractivity contribution in [3.05, 3.63) is 64.8 Å². The van der Waals surface area contributed by atoms with Crippen LogP contribution in [-0.4, -0.2) is 18.1 Å². The minimum atomic E-state index is -0.401. The van der Waals surface area contributed by atoms with Crippen LogP contribution in [0.4, 0.5) is 0 Å². The second-order valence-corrected chi connectivity index (χ2v) is 5.37. The van der Waals surface area contributed by atoms with Crippen LogP contribution in [-0.2, 0) is 4.74 Å². The van der Waals surface area contributed by atoms with Crippen molar-refractivity contribution in [3.8, 4) is 11.1 Å². The lowest BCUT2D eigenvalue weighted by Crippen LogP contribution is -2.03. The highest BCUT2D eigenvalue weighted by molar-refractivity contribution is 9.10. The Hall–Kier alpha value is -2.20. The maximum atomic E-state index is 11.7. The molecule has 0 fully saturated rings. The number of carbonyl (C=O) groups excluding carboxylic acids is 1. The zero-order valence-electron chi connectivity index (χ0n) is 11.3. The summed E-state index contributed by atoms with van der Waals surface area (Å²) in [6, 6.07) is 16.1. The fraction of sp³-hybridized carbons (Fsp3) is 0.0588. The molecule has 0 unspecified atom stereocenters. The third kappa shape index (κ3) is 2.54. The van der Waals surface area contributed by atoms with Gasteiger partial charge in [0.05, 0.1) is 18.2 Å². The smallest absolute Gasteiger partial charge is 0.340 e. The van der Waals surface area contributed by atoms with Crippen LogP contribution in [0, 0.1) is 0 Å². The zero-order valence-corrected chi connectivity index (χ0v) is 12.9. The number of esters is 1. The Morgan fingerprint density at radius 2 is 1.86 bits per heavy atom. The number of aromatic nitrogens is 1. The van der Waals surface area contributed by atoms with Gasteiger partial charge in [-0.25, -0.2) is 4.79 Å². The van der Waals surface area contributed by atoms with E-state index in [0.717, 1.165) is 22.0 Å². The Bertz CT molecular complexity index is 816. The van der Waals surface area contributed by atoms with Gasteiger partial charge in [-0.3, -0.25) is 4.98 Å². The number of nitrogens with zero attached hydrogens (tertiary/aromatic N) is 1. The number of rotatable bonds is 2. The zero-order chi connectivity index (χ0) is 14.8. The van der Waals surface area contributed by atoms with Crippen molar-refractivity contribution >= 4 is 32.8 Å². The van der Waals surface area contributed by atoms with Gasteiger partial charge in [0, 0.05) is 16.1 Å². The molecular formula is C17H12BrNO2. The van der Waals surface area contributed by atoms with Gasteiger partial charge in [-0.05, 0) is 39.2 Å². The van der Waals surface area contributed by atoms with Crippen molar-refractivity contribution in [2.24, 2.45) is 0 Å². The summed E-state index contributed by atoms with van der Waals surface area (Å²) in [6.07, 6.45) is 1.53. The van der Waals surface area contributed by atoms with E-state index in [1.807, 2.05) is 48.5 Å². The maximum Gasteiger partial charge on any atom is 0.340 e. The van der Waals surface area contributed by atoms with Crippen LogP contribution in [0.2, 0.25) is 0 Å². The topological polar surface area (TPSA) is 39.2 Å².